The van der Waals surface area contributed by atoms with Gasteiger partial charge in [0.05, 0.1) is 19.8 Å². The second kappa shape index (κ2) is 10.0. The molecule has 1 unspecified atom stereocenters. The summed E-state index contributed by atoms with van der Waals surface area (Å²) in [5.41, 5.74) is 0.831. The highest BCUT2D eigenvalue weighted by atomic mass is 16.5. The quantitative estimate of drug-likeness (QED) is 0.584. The van der Waals surface area contributed by atoms with Crippen molar-refractivity contribution >= 4 is 35.1 Å². The molecular weight excluding hydrogens is 438 g/mol. The molecule has 1 atom stereocenters. The summed E-state index contributed by atoms with van der Waals surface area (Å²) >= 11 is 0. The van der Waals surface area contributed by atoms with Crippen molar-refractivity contribution in [3.8, 4) is 0 Å². The highest BCUT2D eigenvalue weighted by Gasteiger charge is 2.54. The van der Waals surface area contributed by atoms with Crippen LogP contribution in [0.25, 0.3) is 0 Å². The van der Waals surface area contributed by atoms with Gasteiger partial charge in [0.2, 0.25) is 11.8 Å². The predicted octanol–water partition coefficient (Wildman–Crippen LogP) is 1.56. The molecule has 3 aliphatic rings. The van der Waals surface area contributed by atoms with Gasteiger partial charge in [0.1, 0.15) is 11.6 Å². The molecule has 2 heterocycles. The van der Waals surface area contributed by atoms with Gasteiger partial charge in [-0.3, -0.25) is 14.4 Å². The first-order chi connectivity index (χ1) is 16.3. The first-order valence-corrected chi connectivity index (χ1v) is 12.0. The van der Waals surface area contributed by atoms with Gasteiger partial charge in [-0.15, -0.1) is 0 Å². The lowest BCUT2D eigenvalue weighted by atomic mass is 9.97. The van der Waals surface area contributed by atoms with Crippen molar-refractivity contribution < 1.29 is 23.9 Å². The molecule has 0 bridgehead atoms. The van der Waals surface area contributed by atoms with Gasteiger partial charge in [-0.05, 0) is 51.0 Å². The molecule has 1 aromatic rings. The van der Waals surface area contributed by atoms with E-state index >= 15 is 0 Å². The van der Waals surface area contributed by atoms with E-state index in [1.807, 2.05) is 24.3 Å². The van der Waals surface area contributed by atoms with Gasteiger partial charge in [0, 0.05) is 31.0 Å². The van der Waals surface area contributed by atoms with Crippen LogP contribution in [0.3, 0.4) is 0 Å². The molecule has 5 amide bonds. The van der Waals surface area contributed by atoms with Crippen LogP contribution in [0, 0.1) is 0 Å². The third-order valence-corrected chi connectivity index (χ3v) is 6.95. The number of carbonyl (C=O) groups excluding carboxylic acids is 4. The lowest BCUT2D eigenvalue weighted by molar-refractivity contribution is -0.143. The lowest BCUT2D eigenvalue weighted by Crippen LogP contribution is -2.52. The van der Waals surface area contributed by atoms with E-state index in [2.05, 4.69) is 15.5 Å². The number of ether oxygens (including phenoxy) is 1. The number of anilines is 2. The van der Waals surface area contributed by atoms with E-state index < -0.39 is 23.5 Å². The van der Waals surface area contributed by atoms with Gasteiger partial charge in [-0.1, -0.05) is 12.8 Å². The zero-order valence-electron chi connectivity index (χ0n) is 19.8. The topological polar surface area (TPSA) is 111 Å². The van der Waals surface area contributed by atoms with Gasteiger partial charge in [0.25, 0.3) is 5.91 Å². The van der Waals surface area contributed by atoms with Crippen molar-refractivity contribution in [2.24, 2.45) is 0 Å². The van der Waals surface area contributed by atoms with Crippen LogP contribution in [-0.2, 0) is 19.1 Å². The molecule has 10 heteroatoms. The number of morpholine rings is 1. The monoisotopic (exact) mass is 471 g/mol. The summed E-state index contributed by atoms with van der Waals surface area (Å²) in [4.78, 5) is 55.9. The fraction of sp³-hybridized carbons (Fsp3) is 0.583. The molecule has 34 heavy (non-hydrogen) atoms. The fourth-order valence-corrected chi connectivity index (χ4v) is 4.98. The van der Waals surface area contributed by atoms with Gasteiger partial charge in [-0.25, -0.2) is 9.69 Å². The smallest absolute Gasteiger partial charge is 0.325 e. The molecule has 3 fully saturated rings. The maximum Gasteiger partial charge on any atom is 0.325 e. The number of urea groups is 1. The fourth-order valence-electron chi connectivity index (χ4n) is 4.98. The molecule has 1 spiro atoms. The average Bonchev–Trinajstić information content (AvgIpc) is 3.41. The zero-order valence-corrected chi connectivity index (χ0v) is 19.8. The molecule has 184 valence electrons. The number of carbonyl (C=O) groups is 4. The van der Waals surface area contributed by atoms with Crippen LogP contribution in [0.5, 0.6) is 0 Å². The number of nitrogens with one attached hydrogen (secondary N) is 2. The second-order valence-corrected chi connectivity index (χ2v) is 9.12. The Labute approximate surface area is 199 Å². The summed E-state index contributed by atoms with van der Waals surface area (Å²) in [6.45, 7) is 6.47. The Hall–Kier alpha value is -3.14. The maximum absolute atomic E-state index is 13.1. The molecule has 10 nitrogen and oxygen atoms in total. The van der Waals surface area contributed by atoms with Crippen molar-refractivity contribution in [2.75, 3.05) is 49.6 Å². The Morgan fingerprint density at radius 3 is 2.41 bits per heavy atom. The van der Waals surface area contributed by atoms with E-state index in [1.54, 1.807) is 13.8 Å². The van der Waals surface area contributed by atoms with Crippen molar-refractivity contribution in [1.82, 2.24) is 15.1 Å². The number of amides is 5. The zero-order chi connectivity index (χ0) is 24.3. The summed E-state index contributed by atoms with van der Waals surface area (Å²) in [5, 5.41) is 5.62. The van der Waals surface area contributed by atoms with Gasteiger partial charge in [-0.2, -0.15) is 0 Å². The molecule has 0 radical (unpaired) electrons. The Balaban J connectivity index is 1.34. The number of imide groups is 1. The van der Waals surface area contributed by atoms with Gasteiger partial charge >= 0.3 is 6.03 Å². The number of benzene rings is 1. The van der Waals surface area contributed by atoms with Crippen LogP contribution in [0.2, 0.25) is 0 Å². The van der Waals surface area contributed by atoms with E-state index in [-0.39, 0.29) is 24.9 Å². The molecule has 0 aromatic heterocycles. The number of nitrogens with zero attached hydrogens (tertiary/aromatic N) is 3. The summed E-state index contributed by atoms with van der Waals surface area (Å²) in [6, 6.07) is 6.04. The first-order valence-electron chi connectivity index (χ1n) is 12.0. The molecule has 4 rings (SSSR count). The van der Waals surface area contributed by atoms with Crippen molar-refractivity contribution in [3.63, 3.8) is 0 Å². The minimum absolute atomic E-state index is 0.167. The van der Waals surface area contributed by atoms with Crippen LogP contribution >= 0.6 is 0 Å². The largest absolute Gasteiger partial charge is 0.378 e. The standard InChI is InChI=1S/C24H33N5O5/c1-3-27(21(31)17(2)29-22(32)24(26-23(29)33)10-4-5-11-24)16-20(30)25-18-6-8-19(9-7-18)28-12-14-34-15-13-28/h6-9,17H,3-5,10-16H2,1-2H3,(H,25,30)(H,26,33). The molecule has 1 aromatic carbocycles. The SMILES string of the molecule is CCN(CC(=O)Nc1ccc(N2CCOCC2)cc1)C(=O)C(C)N1C(=O)NC2(CCCC2)C1=O. The van der Waals surface area contributed by atoms with Gasteiger partial charge in [0.15, 0.2) is 0 Å². The van der Waals surface area contributed by atoms with Gasteiger partial charge < -0.3 is 25.2 Å². The molecule has 2 N–H and O–H groups in total. The summed E-state index contributed by atoms with van der Waals surface area (Å²) in [5.74, 6) is -1.11. The minimum atomic E-state index is -0.979. The Morgan fingerprint density at radius 2 is 1.79 bits per heavy atom. The summed E-state index contributed by atoms with van der Waals surface area (Å²) < 4.78 is 5.38. The van der Waals surface area contributed by atoms with Crippen molar-refractivity contribution in [1.29, 1.82) is 0 Å². The number of hydrogen-bond acceptors (Lipinski definition) is 6. The Bertz CT molecular complexity index is 938. The van der Waals surface area contributed by atoms with Crippen LogP contribution < -0.4 is 15.5 Å². The predicted molar refractivity (Wildman–Crippen MR) is 126 cm³/mol. The first kappa shape index (κ1) is 24.0. The second-order valence-electron chi connectivity index (χ2n) is 9.12. The number of likely N-dealkylation sites (N-methyl/N-ethyl adjacent to an activating group) is 1. The summed E-state index contributed by atoms with van der Waals surface area (Å²) in [7, 11) is 0. The highest BCUT2D eigenvalue weighted by Crippen LogP contribution is 2.36. The molecule has 1 aliphatic carbocycles. The number of rotatable bonds is 7. The van der Waals surface area contributed by atoms with E-state index in [1.165, 1.54) is 4.90 Å². The normalized spacial score (nSPS) is 20.4. The van der Waals surface area contributed by atoms with Crippen LogP contribution in [0.4, 0.5) is 16.2 Å². The Kier molecular flexibility index (Phi) is 7.06. The third kappa shape index (κ3) is 4.72. The van der Waals surface area contributed by atoms with Crippen LogP contribution in [-0.4, -0.2) is 84.5 Å². The van der Waals surface area contributed by atoms with Crippen molar-refractivity contribution in [3.05, 3.63) is 24.3 Å². The van der Waals surface area contributed by atoms with Crippen LogP contribution in [0.15, 0.2) is 24.3 Å². The molecule has 1 saturated carbocycles. The third-order valence-electron chi connectivity index (χ3n) is 6.95. The van der Waals surface area contributed by atoms with Crippen molar-refractivity contribution in [2.45, 2.75) is 51.1 Å². The average molecular weight is 472 g/mol. The molecule has 2 aliphatic heterocycles. The molecular formula is C24H33N5O5. The van der Waals surface area contributed by atoms with E-state index in [0.717, 1.165) is 36.5 Å². The van der Waals surface area contributed by atoms with E-state index in [0.29, 0.717) is 31.7 Å². The van der Waals surface area contributed by atoms with E-state index in [4.69, 9.17) is 4.74 Å². The minimum Gasteiger partial charge on any atom is -0.378 e. The highest BCUT2D eigenvalue weighted by molar-refractivity contribution is 6.10. The van der Waals surface area contributed by atoms with Crippen LogP contribution in [0.1, 0.15) is 39.5 Å². The maximum atomic E-state index is 13.1. The molecule has 2 saturated heterocycles. The summed E-state index contributed by atoms with van der Waals surface area (Å²) in [6.07, 6.45) is 2.94. The van der Waals surface area contributed by atoms with E-state index in [9.17, 15) is 19.2 Å². The number of hydrogen-bond donors (Lipinski definition) is 2. The lowest BCUT2D eigenvalue weighted by Gasteiger charge is -2.29. The Morgan fingerprint density at radius 1 is 1.15 bits per heavy atom.